The SMILES string of the molecule is CC(=NOC(=O)c1ccc([N+](=O)[O-])cc1)C1CC1c1ccc(C(C)C)cc1. The Labute approximate surface area is 158 Å². The van der Waals surface area contributed by atoms with Gasteiger partial charge in [0.2, 0.25) is 0 Å². The molecule has 0 aromatic heterocycles. The van der Waals surface area contributed by atoms with Gasteiger partial charge in [-0.25, -0.2) is 4.79 Å². The molecule has 1 fully saturated rings. The Hall–Kier alpha value is -3.02. The van der Waals surface area contributed by atoms with Crippen molar-refractivity contribution in [1.29, 1.82) is 0 Å². The second-order valence-electron chi connectivity index (χ2n) is 7.19. The molecule has 140 valence electrons. The zero-order valence-corrected chi connectivity index (χ0v) is 15.6. The van der Waals surface area contributed by atoms with E-state index in [9.17, 15) is 14.9 Å². The third kappa shape index (κ3) is 4.39. The second kappa shape index (κ2) is 7.70. The molecule has 0 heterocycles. The van der Waals surface area contributed by atoms with E-state index >= 15 is 0 Å². The van der Waals surface area contributed by atoms with Gasteiger partial charge in [0.05, 0.1) is 16.2 Å². The highest BCUT2D eigenvalue weighted by molar-refractivity contribution is 5.92. The van der Waals surface area contributed by atoms with Gasteiger partial charge in [-0.3, -0.25) is 10.1 Å². The number of benzene rings is 2. The van der Waals surface area contributed by atoms with Gasteiger partial charge >= 0.3 is 5.97 Å². The van der Waals surface area contributed by atoms with Gasteiger partial charge in [-0.15, -0.1) is 0 Å². The minimum atomic E-state index is -0.622. The fraction of sp³-hybridized carbons (Fsp3) is 0.333. The van der Waals surface area contributed by atoms with Crippen molar-refractivity contribution >= 4 is 17.4 Å². The molecule has 2 aromatic rings. The van der Waals surface area contributed by atoms with Crippen LogP contribution in [0.5, 0.6) is 0 Å². The Kier molecular flexibility index (Phi) is 5.35. The molecule has 2 atom stereocenters. The van der Waals surface area contributed by atoms with E-state index in [1.54, 1.807) is 0 Å². The first kappa shape index (κ1) is 18.8. The van der Waals surface area contributed by atoms with Crippen LogP contribution in [0.2, 0.25) is 0 Å². The predicted molar refractivity (Wildman–Crippen MR) is 103 cm³/mol. The minimum absolute atomic E-state index is 0.0736. The molecule has 0 aliphatic heterocycles. The molecule has 1 aliphatic carbocycles. The van der Waals surface area contributed by atoms with E-state index in [4.69, 9.17) is 4.84 Å². The Balaban J connectivity index is 1.58. The minimum Gasteiger partial charge on any atom is -0.313 e. The Morgan fingerprint density at radius 3 is 2.33 bits per heavy atom. The molecule has 0 spiro atoms. The van der Waals surface area contributed by atoms with Gasteiger partial charge in [-0.05, 0) is 48.4 Å². The number of rotatable bonds is 6. The number of carbonyl (C=O) groups excluding carboxylic acids is 1. The Morgan fingerprint density at radius 1 is 1.15 bits per heavy atom. The van der Waals surface area contributed by atoms with Gasteiger partial charge in [0, 0.05) is 18.1 Å². The molecular formula is C21H22N2O4. The average Bonchev–Trinajstić information content (AvgIpc) is 3.47. The van der Waals surface area contributed by atoms with Crippen molar-refractivity contribution < 1.29 is 14.6 Å². The Morgan fingerprint density at radius 2 is 1.78 bits per heavy atom. The molecule has 6 heteroatoms. The lowest BCUT2D eigenvalue weighted by atomic mass is 9.99. The van der Waals surface area contributed by atoms with Crippen molar-refractivity contribution in [2.24, 2.45) is 11.1 Å². The topological polar surface area (TPSA) is 81.8 Å². The molecule has 2 aromatic carbocycles. The normalized spacial score (nSPS) is 19.0. The molecule has 2 unspecified atom stereocenters. The first-order chi connectivity index (χ1) is 12.9. The fourth-order valence-electron chi connectivity index (χ4n) is 3.11. The molecular weight excluding hydrogens is 344 g/mol. The third-order valence-corrected chi connectivity index (χ3v) is 4.94. The molecule has 0 saturated heterocycles. The summed E-state index contributed by atoms with van der Waals surface area (Å²) in [5.41, 5.74) is 3.53. The maximum Gasteiger partial charge on any atom is 0.365 e. The number of nitro groups is 1. The second-order valence-corrected chi connectivity index (χ2v) is 7.19. The van der Waals surface area contributed by atoms with Gasteiger partial charge in [0.1, 0.15) is 0 Å². The van der Waals surface area contributed by atoms with Gasteiger partial charge in [0.15, 0.2) is 0 Å². The van der Waals surface area contributed by atoms with Crippen LogP contribution in [-0.2, 0) is 4.84 Å². The number of non-ortho nitro benzene ring substituents is 1. The third-order valence-electron chi connectivity index (χ3n) is 4.94. The zero-order valence-electron chi connectivity index (χ0n) is 15.6. The molecule has 1 saturated carbocycles. The number of hydrogen-bond acceptors (Lipinski definition) is 5. The summed E-state index contributed by atoms with van der Waals surface area (Å²) in [5.74, 6) is 0.575. The summed E-state index contributed by atoms with van der Waals surface area (Å²) in [6, 6.07) is 13.9. The highest BCUT2D eigenvalue weighted by atomic mass is 16.7. The van der Waals surface area contributed by atoms with Gasteiger partial charge < -0.3 is 4.84 Å². The quantitative estimate of drug-likeness (QED) is 0.310. The summed E-state index contributed by atoms with van der Waals surface area (Å²) in [6.07, 6.45) is 0.992. The summed E-state index contributed by atoms with van der Waals surface area (Å²) >= 11 is 0. The van der Waals surface area contributed by atoms with Gasteiger partial charge in [-0.1, -0.05) is 43.3 Å². The predicted octanol–water partition coefficient (Wildman–Crippen LogP) is 5.05. The van der Waals surface area contributed by atoms with Crippen molar-refractivity contribution in [2.75, 3.05) is 0 Å². The standard InChI is InChI=1S/C21H22N2O4/c1-13(2)15-4-6-16(7-5-15)20-12-19(20)14(3)22-27-21(24)17-8-10-18(11-9-17)23(25)26/h4-11,13,19-20H,12H2,1-3H3. The van der Waals surface area contributed by atoms with Crippen LogP contribution < -0.4 is 0 Å². The molecule has 0 amide bonds. The van der Waals surface area contributed by atoms with Crippen LogP contribution in [0.25, 0.3) is 0 Å². The van der Waals surface area contributed by atoms with E-state index in [1.165, 1.54) is 35.4 Å². The molecule has 0 radical (unpaired) electrons. The lowest BCUT2D eigenvalue weighted by Gasteiger charge is -2.06. The molecule has 0 bridgehead atoms. The van der Waals surface area contributed by atoms with E-state index in [1.807, 2.05) is 6.92 Å². The number of nitrogens with zero attached hydrogens (tertiary/aromatic N) is 2. The lowest BCUT2D eigenvalue weighted by molar-refractivity contribution is -0.384. The molecule has 1 aliphatic rings. The lowest BCUT2D eigenvalue weighted by Crippen LogP contribution is -2.05. The van der Waals surface area contributed by atoms with Crippen LogP contribution >= 0.6 is 0 Å². The summed E-state index contributed by atoms with van der Waals surface area (Å²) < 4.78 is 0. The van der Waals surface area contributed by atoms with Crippen molar-refractivity contribution in [3.63, 3.8) is 0 Å². The monoisotopic (exact) mass is 366 g/mol. The first-order valence-corrected chi connectivity index (χ1v) is 8.97. The van der Waals surface area contributed by atoms with E-state index in [-0.39, 0.29) is 17.2 Å². The molecule has 0 N–H and O–H groups in total. The summed E-state index contributed by atoms with van der Waals surface area (Å²) in [5, 5.41) is 14.6. The fourth-order valence-corrected chi connectivity index (χ4v) is 3.11. The first-order valence-electron chi connectivity index (χ1n) is 8.97. The van der Waals surface area contributed by atoms with E-state index in [2.05, 4.69) is 43.3 Å². The molecule has 27 heavy (non-hydrogen) atoms. The average molecular weight is 366 g/mol. The van der Waals surface area contributed by atoms with Gasteiger partial charge in [-0.2, -0.15) is 0 Å². The van der Waals surface area contributed by atoms with Crippen LogP contribution in [0, 0.1) is 16.0 Å². The number of hydrogen-bond donors (Lipinski definition) is 0. The van der Waals surface area contributed by atoms with Crippen LogP contribution in [-0.4, -0.2) is 16.6 Å². The summed E-state index contributed by atoms with van der Waals surface area (Å²) in [6.45, 7) is 6.20. The van der Waals surface area contributed by atoms with Crippen LogP contribution in [0.1, 0.15) is 60.5 Å². The van der Waals surface area contributed by atoms with Crippen molar-refractivity contribution in [3.05, 3.63) is 75.3 Å². The molecule has 3 rings (SSSR count). The number of oxime groups is 1. The number of nitro benzene ring substituents is 1. The smallest absolute Gasteiger partial charge is 0.313 e. The summed E-state index contributed by atoms with van der Waals surface area (Å²) in [4.78, 5) is 27.2. The Bertz CT molecular complexity index is 870. The van der Waals surface area contributed by atoms with Crippen LogP contribution in [0.3, 0.4) is 0 Å². The number of carbonyl (C=O) groups is 1. The van der Waals surface area contributed by atoms with Crippen molar-refractivity contribution in [3.8, 4) is 0 Å². The highest BCUT2D eigenvalue weighted by Crippen LogP contribution is 2.48. The molecule has 6 nitrogen and oxygen atoms in total. The van der Waals surface area contributed by atoms with Crippen molar-refractivity contribution in [2.45, 2.75) is 39.0 Å². The maximum absolute atomic E-state index is 12.0. The maximum atomic E-state index is 12.0. The largest absolute Gasteiger partial charge is 0.365 e. The highest BCUT2D eigenvalue weighted by Gasteiger charge is 2.40. The zero-order chi connectivity index (χ0) is 19.6. The van der Waals surface area contributed by atoms with E-state index in [0.717, 1.165) is 12.1 Å². The van der Waals surface area contributed by atoms with E-state index < -0.39 is 10.9 Å². The van der Waals surface area contributed by atoms with E-state index in [0.29, 0.717) is 11.8 Å². The van der Waals surface area contributed by atoms with Crippen molar-refractivity contribution in [1.82, 2.24) is 0 Å². The van der Waals surface area contributed by atoms with Crippen LogP contribution in [0.15, 0.2) is 53.7 Å². The van der Waals surface area contributed by atoms with Crippen LogP contribution in [0.4, 0.5) is 5.69 Å². The summed E-state index contributed by atoms with van der Waals surface area (Å²) in [7, 11) is 0. The van der Waals surface area contributed by atoms with Gasteiger partial charge in [0.25, 0.3) is 5.69 Å².